The lowest BCUT2D eigenvalue weighted by Gasteiger charge is -2.16. The van der Waals surface area contributed by atoms with Crippen LogP contribution >= 0.6 is 11.6 Å². The molecule has 0 radical (unpaired) electrons. The van der Waals surface area contributed by atoms with Crippen LogP contribution < -0.4 is 0 Å². The number of nitrogens with zero attached hydrogens (tertiary/aromatic N) is 1. The first-order valence-electron chi connectivity index (χ1n) is 7.07. The van der Waals surface area contributed by atoms with E-state index in [0.29, 0.717) is 11.4 Å². The van der Waals surface area contributed by atoms with Gasteiger partial charge in [-0.2, -0.15) is 0 Å². The Bertz CT molecular complexity index is 590. The predicted octanol–water partition coefficient (Wildman–Crippen LogP) is 4.35. The van der Waals surface area contributed by atoms with Crippen LogP contribution in [-0.4, -0.2) is 24.3 Å². The van der Waals surface area contributed by atoms with E-state index in [2.05, 4.69) is 36.1 Å². The highest BCUT2D eigenvalue weighted by Crippen LogP contribution is 2.12. The maximum absolute atomic E-state index is 12.1. The molecule has 2 rings (SSSR count). The zero-order valence-electron chi connectivity index (χ0n) is 12.5. The molecule has 2 nitrogen and oxygen atoms in total. The van der Waals surface area contributed by atoms with Gasteiger partial charge in [0.05, 0.1) is 0 Å². The topological polar surface area (TPSA) is 20.3 Å². The third-order valence-electron chi connectivity index (χ3n) is 3.46. The molecule has 0 aliphatic rings. The van der Waals surface area contributed by atoms with Gasteiger partial charge in [0.25, 0.3) is 0 Å². The molecule has 0 saturated heterocycles. The Balaban J connectivity index is 1.83. The minimum absolute atomic E-state index is 0.155. The Labute approximate surface area is 131 Å². The first-order chi connectivity index (χ1) is 10.0. The normalized spacial score (nSPS) is 10.9. The van der Waals surface area contributed by atoms with Crippen LogP contribution in [-0.2, 0) is 6.54 Å². The van der Waals surface area contributed by atoms with Gasteiger partial charge in [-0.15, -0.1) is 0 Å². The maximum Gasteiger partial charge on any atom is 0.164 e. The molecule has 0 aliphatic heterocycles. The second-order valence-corrected chi connectivity index (χ2v) is 5.84. The Hall–Kier alpha value is -1.64. The average molecular weight is 302 g/mol. The number of halogens is 1. The molecule has 0 atom stereocenters. The molecule has 0 unspecified atom stereocenters. The van der Waals surface area contributed by atoms with Crippen LogP contribution in [0.3, 0.4) is 0 Å². The number of hydrogen-bond donors (Lipinski definition) is 0. The maximum atomic E-state index is 12.1. The summed E-state index contributed by atoms with van der Waals surface area (Å²) in [6.07, 6.45) is 0.518. The molecule has 0 heterocycles. The molecule has 0 amide bonds. The van der Waals surface area contributed by atoms with E-state index in [9.17, 15) is 4.79 Å². The van der Waals surface area contributed by atoms with Gasteiger partial charge in [-0.05, 0) is 43.8 Å². The fourth-order valence-corrected chi connectivity index (χ4v) is 2.28. The quantitative estimate of drug-likeness (QED) is 0.739. The van der Waals surface area contributed by atoms with Crippen molar-refractivity contribution in [3.05, 3.63) is 70.2 Å². The summed E-state index contributed by atoms with van der Waals surface area (Å²) in [5.74, 6) is 0.155. The van der Waals surface area contributed by atoms with Gasteiger partial charge in [-0.25, -0.2) is 0 Å². The molecule has 0 saturated carbocycles. The van der Waals surface area contributed by atoms with Gasteiger partial charge in [0.15, 0.2) is 5.78 Å². The van der Waals surface area contributed by atoms with Crippen molar-refractivity contribution in [3.8, 4) is 0 Å². The number of aryl methyl sites for hydroxylation is 1. The standard InChI is InChI=1S/C18H20ClNO/c1-14-3-5-15(6-4-14)13-20(2)12-11-18(21)16-7-9-17(19)10-8-16/h3-10H,11-13H2,1-2H3. The summed E-state index contributed by atoms with van der Waals surface area (Å²) >= 11 is 5.83. The average Bonchev–Trinajstić information content (AvgIpc) is 2.48. The van der Waals surface area contributed by atoms with Crippen LogP contribution in [0.5, 0.6) is 0 Å². The van der Waals surface area contributed by atoms with Crippen LogP contribution in [0.4, 0.5) is 0 Å². The SMILES string of the molecule is Cc1ccc(CN(C)CCC(=O)c2ccc(Cl)cc2)cc1. The second kappa shape index (κ2) is 7.39. The van der Waals surface area contributed by atoms with Crippen LogP contribution in [0.1, 0.15) is 27.9 Å². The smallest absolute Gasteiger partial charge is 0.164 e. The van der Waals surface area contributed by atoms with Gasteiger partial charge in [-0.1, -0.05) is 41.4 Å². The van der Waals surface area contributed by atoms with Crippen LogP contribution in [0.15, 0.2) is 48.5 Å². The molecule has 3 heteroatoms. The molecule has 0 fully saturated rings. The fourth-order valence-electron chi connectivity index (χ4n) is 2.16. The number of hydrogen-bond acceptors (Lipinski definition) is 2. The summed E-state index contributed by atoms with van der Waals surface area (Å²) in [6, 6.07) is 15.6. The minimum atomic E-state index is 0.155. The van der Waals surface area contributed by atoms with Gasteiger partial charge in [0, 0.05) is 30.1 Å². The van der Waals surface area contributed by atoms with Crippen molar-refractivity contribution in [1.82, 2.24) is 4.90 Å². The Morgan fingerprint density at radius 1 is 1.05 bits per heavy atom. The molecule has 0 aromatic heterocycles. The van der Waals surface area contributed by atoms with Crippen molar-refractivity contribution >= 4 is 17.4 Å². The lowest BCUT2D eigenvalue weighted by atomic mass is 10.1. The summed E-state index contributed by atoms with van der Waals surface area (Å²) < 4.78 is 0. The van der Waals surface area contributed by atoms with Gasteiger partial charge >= 0.3 is 0 Å². The van der Waals surface area contributed by atoms with E-state index < -0.39 is 0 Å². The molecule has 0 N–H and O–H groups in total. The van der Waals surface area contributed by atoms with Crippen LogP contribution in [0, 0.1) is 6.92 Å². The monoisotopic (exact) mass is 301 g/mol. The highest BCUT2D eigenvalue weighted by molar-refractivity contribution is 6.30. The molecular weight excluding hydrogens is 282 g/mol. The minimum Gasteiger partial charge on any atom is -0.302 e. The molecule has 2 aromatic carbocycles. The van der Waals surface area contributed by atoms with Gasteiger partial charge in [0.1, 0.15) is 0 Å². The molecule has 0 bridgehead atoms. The number of carbonyl (C=O) groups is 1. The molecule has 0 aliphatic carbocycles. The zero-order valence-corrected chi connectivity index (χ0v) is 13.2. The number of benzene rings is 2. The zero-order chi connectivity index (χ0) is 15.2. The van der Waals surface area contributed by atoms with E-state index in [1.807, 2.05) is 7.05 Å². The van der Waals surface area contributed by atoms with Gasteiger partial charge in [-0.3, -0.25) is 4.79 Å². The van der Waals surface area contributed by atoms with Gasteiger partial charge in [0.2, 0.25) is 0 Å². The summed E-state index contributed by atoms with van der Waals surface area (Å²) in [6.45, 7) is 3.68. The first kappa shape index (κ1) is 15.7. The third kappa shape index (κ3) is 5.00. The van der Waals surface area contributed by atoms with Crippen LogP contribution in [0.25, 0.3) is 0 Å². The highest BCUT2D eigenvalue weighted by Gasteiger charge is 2.08. The van der Waals surface area contributed by atoms with E-state index in [-0.39, 0.29) is 5.78 Å². The fraction of sp³-hybridized carbons (Fsp3) is 0.278. The highest BCUT2D eigenvalue weighted by atomic mass is 35.5. The van der Waals surface area contributed by atoms with Crippen LogP contribution in [0.2, 0.25) is 5.02 Å². The van der Waals surface area contributed by atoms with E-state index in [1.54, 1.807) is 24.3 Å². The molecule has 110 valence electrons. The van der Waals surface area contributed by atoms with E-state index in [1.165, 1.54) is 11.1 Å². The third-order valence-corrected chi connectivity index (χ3v) is 3.71. The lowest BCUT2D eigenvalue weighted by Crippen LogP contribution is -2.21. The van der Waals surface area contributed by atoms with Crippen molar-refractivity contribution in [2.45, 2.75) is 19.9 Å². The second-order valence-electron chi connectivity index (χ2n) is 5.40. The van der Waals surface area contributed by atoms with Crippen molar-refractivity contribution < 1.29 is 4.79 Å². The summed E-state index contributed by atoms with van der Waals surface area (Å²) in [7, 11) is 2.04. The van der Waals surface area contributed by atoms with Crippen molar-refractivity contribution in [1.29, 1.82) is 0 Å². The molecule has 0 spiro atoms. The predicted molar refractivity (Wildman–Crippen MR) is 87.9 cm³/mol. The molecular formula is C18H20ClNO. The number of Topliss-reactive ketones (excluding diaryl/α,β-unsaturated/α-hetero) is 1. The van der Waals surface area contributed by atoms with Gasteiger partial charge < -0.3 is 4.90 Å². The Kier molecular flexibility index (Phi) is 5.54. The summed E-state index contributed by atoms with van der Waals surface area (Å²) in [5.41, 5.74) is 3.25. The van der Waals surface area contributed by atoms with Crippen molar-refractivity contribution in [3.63, 3.8) is 0 Å². The molecule has 2 aromatic rings. The molecule has 21 heavy (non-hydrogen) atoms. The van der Waals surface area contributed by atoms with Crippen molar-refractivity contribution in [2.75, 3.05) is 13.6 Å². The number of carbonyl (C=O) groups excluding carboxylic acids is 1. The number of rotatable bonds is 6. The van der Waals surface area contributed by atoms with E-state index >= 15 is 0 Å². The summed E-state index contributed by atoms with van der Waals surface area (Å²) in [5, 5.41) is 0.656. The summed E-state index contributed by atoms with van der Waals surface area (Å²) in [4.78, 5) is 14.3. The van der Waals surface area contributed by atoms with Crippen molar-refractivity contribution in [2.24, 2.45) is 0 Å². The Morgan fingerprint density at radius 3 is 2.29 bits per heavy atom. The largest absolute Gasteiger partial charge is 0.302 e. The number of ketones is 1. The van der Waals surface area contributed by atoms with E-state index in [4.69, 9.17) is 11.6 Å². The van der Waals surface area contributed by atoms with E-state index in [0.717, 1.165) is 18.7 Å². The first-order valence-corrected chi connectivity index (χ1v) is 7.45. The Morgan fingerprint density at radius 2 is 1.67 bits per heavy atom. The lowest BCUT2D eigenvalue weighted by molar-refractivity contribution is 0.0968.